The van der Waals surface area contributed by atoms with Gasteiger partial charge in [0.25, 0.3) is 0 Å². The van der Waals surface area contributed by atoms with Crippen LogP contribution in [-0.2, 0) is 0 Å². The normalized spacial score (nSPS) is 12.2. The maximum atomic E-state index is 6.20. The Hall–Kier alpha value is -1.47. The molecular weight excluding hydrogens is 232 g/mol. The molecule has 1 nitrogen and oxygen atoms in total. The fourth-order valence-corrected chi connectivity index (χ4v) is 2.20. The molecule has 0 N–H and O–H groups in total. The van der Waals surface area contributed by atoms with Gasteiger partial charge in [-0.3, -0.25) is 0 Å². The lowest BCUT2D eigenvalue weighted by Crippen LogP contribution is -1.96. The third-order valence-electron chi connectivity index (χ3n) is 2.99. The van der Waals surface area contributed by atoms with Gasteiger partial charge in [-0.05, 0) is 29.3 Å². The van der Waals surface area contributed by atoms with Gasteiger partial charge in [-0.25, -0.2) is 0 Å². The van der Waals surface area contributed by atoms with E-state index in [1.54, 1.807) is 7.11 Å². The molecule has 0 saturated heterocycles. The fraction of sp³-hybridized carbons (Fsp3) is 0.200. The first-order valence-electron chi connectivity index (χ1n) is 5.60. The highest BCUT2D eigenvalue weighted by molar-refractivity contribution is 6.31. The average molecular weight is 247 g/mol. The van der Waals surface area contributed by atoms with E-state index < -0.39 is 0 Å². The van der Waals surface area contributed by atoms with E-state index in [9.17, 15) is 0 Å². The van der Waals surface area contributed by atoms with Crippen LogP contribution < -0.4 is 4.74 Å². The van der Waals surface area contributed by atoms with Crippen molar-refractivity contribution < 1.29 is 4.74 Å². The predicted molar refractivity (Wildman–Crippen MR) is 72.0 cm³/mol. The second-order valence-corrected chi connectivity index (χ2v) is 4.42. The van der Waals surface area contributed by atoms with Crippen molar-refractivity contribution in [2.24, 2.45) is 0 Å². The largest absolute Gasteiger partial charge is 0.497 e. The van der Waals surface area contributed by atoms with Crippen LogP contribution in [0.25, 0.3) is 0 Å². The van der Waals surface area contributed by atoms with Crippen LogP contribution in [0.15, 0.2) is 48.5 Å². The van der Waals surface area contributed by atoms with Crippen molar-refractivity contribution >= 4 is 11.6 Å². The molecular formula is C15H15ClO. The monoisotopic (exact) mass is 246 g/mol. The Morgan fingerprint density at radius 3 is 2.24 bits per heavy atom. The molecule has 1 atom stereocenters. The average Bonchev–Trinajstić information content (AvgIpc) is 2.39. The number of benzene rings is 2. The summed E-state index contributed by atoms with van der Waals surface area (Å²) in [5, 5.41) is 0.816. The Balaban J connectivity index is 2.30. The molecule has 0 fully saturated rings. The first-order chi connectivity index (χ1) is 8.22. The molecule has 2 heteroatoms. The zero-order valence-corrected chi connectivity index (χ0v) is 10.7. The van der Waals surface area contributed by atoms with Crippen LogP contribution in [0.1, 0.15) is 24.0 Å². The summed E-state index contributed by atoms with van der Waals surface area (Å²) >= 11 is 6.20. The lowest BCUT2D eigenvalue weighted by Gasteiger charge is -2.14. The van der Waals surface area contributed by atoms with E-state index in [1.807, 2.05) is 30.3 Å². The third-order valence-corrected chi connectivity index (χ3v) is 3.33. The first kappa shape index (κ1) is 12.0. The SMILES string of the molecule is COc1ccc([C@H](C)c2ccccc2Cl)cc1. The molecule has 0 heterocycles. The van der Waals surface area contributed by atoms with Crippen molar-refractivity contribution in [1.29, 1.82) is 0 Å². The van der Waals surface area contributed by atoms with Gasteiger partial charge in [0.05, 0.1) is 7.11 Å². The summed E-state index contributed by atoms with van der Waals surface area (Å²) in [6.07, 6.45) is 0. The highest BCUT2D eigenvalue weighted by Gasteiger charge is 2.11. The van der Waals surface area contributed by atoms with Gasteiger partial charge >= 0.3 is 0 Å². The number of methoxy groups -OCH3 is 1. The molecule has 0 aliphatic heterocycles. The molecule has 2 rings (SSSR count). The highest BCUT2D eigenvalue weighted by atomic mass is 35.5. The second kappa shape index (κ2) is 5.24. The quantitative estimate of drug-likeness (QED) is 0.775. The number of hydrogen-bond acceptors (Lipinski definition) is 1. The van der Waals surface area contributed by atoms with Crippen LogP contribution in [0.4, 0.5) is 0 Å². The van der Waals surface area contributed by atoms with Crippen LogP contribution in [-0.4, -0.2) is 7.11 Å². The summed E-state index contributed by atoms with van der Waals surface area (Å²) in [5.74, 6) is 1.16. The smallest absolute Gasteiger partial charge is 0.118 e. The van der Waals surface area contributed by atoms with Crippen molar-refractivity contribution in [3.8, 4) is 5.75 Å². The summed E-state index contributed by atoms with van der Waals surface area (Å²) in [5.41, 5.74) is 2.39. The van der Waals surface area contributed by atoms with E-state index in [4.69, 9.17) is 16.3 Å². The van der Waals surface area contributed by atoms with Crippen LogP contribution in [0.5, 0.6) is 5.75 Å². The van der Waals surface area contributed by atoms with E-state index in [1.165, 1.54) is 5.56 Å². The predicted octanol–water partition coefficient (Wildman–Crippen LogP) is 4.50. The first-order valence-corrected chi connectivity index (χ1v) is 5.98. The maximum Gasteiger partial charge on any atom is 0.118 e. The molecule has 2 aromatic carbocycles. The molecule has 0 amide bonds. The Bertz CT molecular complexity index is 491. The molecule has 17 heavy (non-hydrogen) atoms. The molecule has 88 valence electrons. The van der Waals surface area contributed by atoms with Crippen LogP contribution in [0, 0.1) is 0 Å². The molecule has 0 aromatic heterocycles. The van der Waals surface area contributed by atoms with Gasteiger partial charge in [-0.1, -0.05) is 48.9 Å². The van der Waals surface area contributed by atoms with Crippen molar-refractivity contribution in [3.05, 3.63) is 64.7 Å². The summed E-state index contributed by atoms with van der Waals surface area (Å²) < 4.78 is 5.15. The van der Waals surface area contributed by atoms with E-state index in [2.05, 4.69) is 25.1 Å². The zero-order valence-electron chi connectivity index (χ0n) is 9.98. The van der Waals surface area contributed by atoms with Crippen molar-refractivity contribution in [1.82, 2.24) is 0 Å². The molecule has 0 aliphatic rings. The Kier molecular flexibility index (Phi) is 3.70. The van der Waals surface area contributed by atoms with Crippen molar-refractivity contribution in [2.45, 2.75) is 12.8 Å². The molecule has 2 aromatic rings. The van der Waals surface area contributed by atoms with E-state index in [0.29, 0.717) is 0 Å². The van der Waals surface area contributed by atoms with Gasteiger partial charge < -0.3 is 4.74 Å². The highest BCUT2D eigenvalue weighted by Crippen LogP contribution is 2.30. The van der Waals surface area contributed by atoms with E-state index in [-0.39, 0.29) is 5.92 Å². The second-order valence-electron chi connectivity index (χ2n) is 4.02. The minimum absolute atomic E-state index is 0.287. The van der Waals surface area contributed by atoms with Gasteiger partial charge in [-0.15, -0.1) is 0 Å². The molecule has 0 bridgehead atoms. The van der Waals surface area contributed by atoms with E-state index >= 15 is 0 Å². The fourth-order valence-electron chi connectivity index (χ4n) is 1.90. The summed E-state index contributed by atoms with van der Waals surface area (Å²) in [6.45, 7) is 2.16. The van der Waals surface area contributed by atoms with Crippen molar-refractivity contribution in [3.63, 3.8) is 0 Å². The number of hydrogen-bond donors (Lipinski definition) is 0. The van der Waals surface area contributed by atoms with Gasteiger partial charge in [0.2, 0.25) is 0 Å². The third kappa shape index (κ3) is 2.62. The van der Waals surface area contributed by atoms with Gasteiger partial charge in [0.15, 0.2) is 0 Å². The standard InChI is InChI=1S/C15H15ClO/c1-11(14-5-3-4-6-15(14)16)12-7-9-13(17-2)10-8-12/h3-11H,1-2H3/t11-/m0/s1. The molecule has 0 unspecified atom stereocenters. The zero-order chi connectivity index (χ0) is 12.3. The summed E-state index contributed by atoms with van der Waals surface area (Å²) in [4.78, 5) is 0. The summed E-state index contributed by atoms with van der Waals surface area (Å²) in [6, 6.07) is 16.1. The van der Waals surface area contributed by atoms with Gasteiger partial charge in [0.1, 0.15) is 5.75 Å². The lowest BCUT2D eigenvalue weighted by atomic mass is 9.93. The van der Waals surface area contributed by atoms with Crippen LogP contribution >= 0.6 is 11.6 Å². The maximum absolute atomic E-state index is 6.20. The minimum atomic E-state index is 0.287. The lowest BCUT2D eigenvalue weighted by molar-refractivity contribution is 0.414. The number of ether oxygens (including phenoxy) is 1. The molecule has 0 spiro atoms. The molecule has 0 radical (unpaired) electrons. The Morgan fingerprint density at radius 1 is 1.00 bits per heavy atom. The topological polar surface area (TPSA) is 9.23 Å². The van der Waals surface area contributed by atoms with E-state index in [0.717, 1.165) is 16.3 Å². The van der Waals surface area contributed by atoms with Gasteiger partial charge in [0, 0.05) is 10.9 Å². The van der Waals surface area contributed by atoms with Crippen LogP contribution in [0.2, 0.25) is 5.02 Å². The van der Waals surface area contributed by atoms with Crippen molar-refractivity contribution in [2.75, 3.05) is 7.11 Å². The van der Waals surface area contributed by atoms with Crippen LogP contribution in [0.3, 0.4) is 0 Å². The Labute approximate surface area is 107 Å². The molecule has 0 saturated carbocycles. The summed E-state index contributed by atoms with van der Waals surface area (Å²) in [7, 11) is 1.67. The number of halogens is 1. The van der Waals surface area contributed by atoms with Gasteiger partial charge in [-0.2, -0.15) is 0 Å². The minimum Gasteiger partial charge on any atom is -0.497 e. The molecule has 0 aliphatic carbocycles. The Morgan fingerprint density at radius 2 is 1.65 bits per heavy atom. The number of rotatable bonds is 3.